The van der Waals surface area contributed by atoms with Crippen molar-refractivity contribution in [3.05, 3.63) is 29.8 Å². The van der Waals surface area contributed by atoms with Gasteiger partial charge in [-0.05, 0) is 69.9 Å². The molecule has 156 valence electrons. The SMILES string of the molecule is CCN(CC)C(=O)CCC(=O)Nc1ccc2nc(N3CCCCC3)cc(C)c2c1. The number of benzene rings is 1. The molecule has 0 bridgehead atoms. The summed E-state index contributed by atoms with van der Waals surface area (Å²) in [6, 6.07) is 7.97. The number of amides is 2. The van der Waals surface area contributed by atoms with Crippen molar-refractivity contribution >= 4 is 34.2 Å². The molecule has 2 aromatic rings. The van der Waals surface area contributed by atoms with Crippen molar-refractivity contribution in [1.29, 1.82) is 0 Å². The van der Waals surface area contributed by atoms with Crippen LogP contribution in [0.5, 0.6) is 0 Å². The van der Waals surface area contributed by atoms with Gasteiger partial charge in [-0.15, -0.1) is 0 Å². The molecule has 6 heteroatoms. The normalized spacial score (nSPS) is 14.1. The van der Waals surface area contributed by atoms with Gasteiger partial charge in [0.25, 0.3) is 0 Å². The number of pyridine rings is 1. The minimum absolute atomic E-state index is 0.0222. The largest absolute Gasteiger partial charge is 0.357 e. The minimum Gasteiger partial charge on any atom is -0.357 e. The summed E-state index contributed by atoms with van der Waals surface area (Å²) in [6.45, 7) is 9.47. The number of aryl methyl sites for hydroxylation is 1. The molecule has 1 N–H and O–H groups in total. The predicted octanol–water partition coefficient (Wildman–Crippen LogP) is 4.12. The van der Waals surface area contributed by atoms with Gasteiger partial charge < -0.3 is 15.1 Å². The summed E-state index contributed by atoms with van der Waals surface area (Å²) in [6.07, 6.45) is 4.17. The standard InChI is InChI=1S/C23H32N4O2/c1-4-26(5-2)23(29)12-11-22(28)24-18-9-10-20-19(16-18)17(3)15-21(25-20)27-13-7-6-8-14-27/h9-10,15-16H,4-8,11-14H2,1-3H3,(H,24,28). The molecule has 0 atom stereocenters. The molecule has 2 amide bonds. The molecule has 1 aromatic carbocycles. The van der Waals surface area contributed by atoms with E-state index in [1.165, 1.54) is 19.3 Å². The number of carbonyl (C=O) groups is 2. The average molecular weight is 397 g/mol. The van der Waals surface area contributed by atoms with E-state index < -0.39 is 0 Å². The Balaban J connectivity index is 1.67. The van der Waals surface area contributed by atoms with E-state index in [9.17, 15) is 9.59 Å². The van der Waals surface area contributed by atoms with E-state index in [2.05, 4.69) is 23.2 Å². The maximum absolute atomic E-state index is 12.3. The van der Waals surface area contributed by atoms with E-state index in [4.69, 9.17) is 4.98 Å². The second-order valence-corrected chi connectivity index (χ2v) is 7.69. The lowest BCUT2D eigenvalue weighted by Gasteiger charge is -2.28. The number of nitrogens with one attached hydrogen (secondary N) is 1. The molecule has 3 rings (SSSR count). The van der Waals surface area contributed by atoms with Crippen LogP contribution >= 0.6 is 0 Å². The third kappa shape index (κ3) is 5.25. The third-order valence-corrected chi connectivity index (χ3v) is 5.65. The molecule has 1 saturated heterocycles. The predicted molar refractivity (Wildman–Crippen MR) is 118 cm³/mol. The molecule has 1 aliphatic rings. The van der Waals surface area contributed by atoms with Gasteiger partial charge in [0.15, 0.2) is 0 Å². The van der Waals surface area contributed by atoms with Gasteiger partial charge in [-0.3, -0.25) is 9.59 Å². The van der Waals surface area contributed by atoms with Crippen molar-refractivity contribution in [3.63, 3.8) is 0 Å². The molecule has 2 heterocycles. The minimum atomic E-state index is -0.139. The Kier molecular flexibility index (Phi) is 7.07. The van der Waals surface area contributed by atoms with Crippen molar-refractivity contribution in [1.82, 2.24) is 9.88 Å². The molecular formula is C23H32N4O2. The molecule has 0 aliphatic carbocycles. The molecule has 1 aliphatic heterocycles. The van der Waals surface area contributed by atoms with Gasteiger partial charge in [0.2, 0.25) is 11.8 Å². The Hall–Kier alpha value is -2.63. The van der Waals surface area contributed by atoms with Gasteiger partial charge in [-0.2, -0.15) is 0 Å². The Morgan fingerprint density at radius 2 is 1.79 bits per heavy atom. The zero-order valence-electron chi connectivity index (χ0n) is 17.8. The summed E-state index contributed by atoms with van der Waals surface area (Å²) in [5.41, 5.74) is 2.84. The Morgan fingerprint density at radius 1 is 1.07 bits per heavy atom. The van der Waals surface area contributed by atoms with Crippen LogP contribution in [0, 0.1) is 6.92 Å². The fourth-order valence-corrected chi connectivity index (χ4v) is 3.92. The van der Waals surface area contributed by atoms with Gasteiger partial charge in [-0.1, -0.05) is 0 Å². The second-order valence-electron chi connectivity index (χ2n) is 7.69. The first-order valence-corrected chi connectivity index (χ1v) is 10.8. The summed E-state index contributed by atoms with van der Waals surface area (Å²) < 4.78 is 0. The van der Waals surface area contributed by atoms with Gasteiger partial charge in [0, 0.05) is 50.1 Å². The highest BCUT2D eigenvalue weighted by Crippen LogP contribution is 2.27. The van der Waals surface area contributed by atoms with Crippen LogP contribution < -0.4 is 10.2 Å². The quantitative estimate of drug-likeness (QED) is 0.764. The van der Waals surface area contributed by atoms with Crippen molar-refractivity contribution < 1.29 is 9.59 Å². The molecule has 6 nitrogen and oxygen atoms in total. The molecular weight excluding hydrogens is 364 g/mol. The third-order valence-electron chi connectivity index (χ3n) is 5.65. The van der Waals surface area contributed by atoms with Crippen LogP contribution in [0.15, 0.2) is 24.3 Å². The van der Waals surface area contributed by atoms with Crippen LogP contribution in [-0.4, -0.2) is 47.9 Å². The van der Waals surface area contributed by atoms with Crippen molar-refractivity contribution in [3.8, 4) is 0 Å². The lowest BCUT2D eigenvalue weighted by atomic mass is 10.1. The van der Waals surface area contributed by atoms with Crippen molar-refractivity contribution in [2.75, 3.05) is 36.4 Å². The molecule has 29 heavy (non-hydrogen) atoms. The highest BCUT2D eigenvalue weighted by atomic mass is 16.2. The summed E-state index contributed by atoms with van der Waals surface area (Å²) >= 11 is 0. The van der Waals surface area contributed by atoms with Crippen LogP contribution in [0.2, 0.25) is 0 Å². The van der Waals surface area contributed by atoms with Crippen LogP contribution in [0.1, 0.15) is 51.5 Å². The van der Waals surface area contributed by atoms with E-state index in [-0.39, 0.29) is 24.7 Å². The van der Waals surface area contributed by atoms with Gasteiger partial charge in [0.05, 0.1) is 5.52 Å². The molecule has 1 fully saturated rings. The summed E-state index contributed by atoms with van der Waals surface area (Å²) in [7, 11) is 0. The lowest BCUT2D eigenvalue weighted by Crippen LogP contribution is -2.31. The first-order valence-electron chi connectivity index (χ1n) is 10.8. The molecule has 1 aromatic heterocycles. The topological polar surface area (TPSA) is 65.5 Å². The van der Waals surface area contributed by atoms with Crippen LogP contribution in [0.3, 0.4) is 0 Å². The van der Waals surface area contributed by atoms with E-state index >= 15 is 0 Å². The number of hydrogen-bond donors (Lipinski definition) is 1. The molecule has 0 radical (unpaired) electrons. The molecule has 0 saturated carbocycles. The van der Waals surface area contributed by atoms with Gasteiger partial charge >= 0.3 is 0 Å². The summed E-state index contributed by atoms with van der Waals surface area (Å²) in [5.74, 6) is 0.927. The first-order chi connectivity index (χ1) is 14.0. The smallest absolute Gasteiger partial charge is 0.224 e. The number of fused-ring (bicyclic) bond motifs is 1. The zero-order chi connectivity index (χ0) is 20.8. The Bertz CT molecular complexity index is 871. The highest BCUT2D eigenvalue weighted by molar-refractivity contribution is 5.96. The number of hydrogen-bond acceptors (Lipinski definition) is 4. The van der Waals surface area contributed by atoms with Crippen LogP contribution in [0.4, 0.5) is 11.5 Å². The number of nitrogens with zero attached hydrogens (tertiary/aromatic N) is 3. The number of anilines is 2. The Labute approximate surface area is 173 Å². The number of carbonyl (C=O) groups excluding carboxylic acids is 2. The molecule has 0 spiro atoms. The van der Waals surface area contributed by atoms with Crippen molar-refractivity contribution in [2.24, 2.45) is 0 Å². The van der Waals surface area contributed by atoms with E-state index in [1.807, 2.05) is 32.0 Å². The first kappa shape index (κ1) is 21.1. The maximum atomic E-state index is 12.3. The summed E-state index contributed by atoms with van der Waals surface area (Å²) in [4.78, 5) is 33.3. The highest BCUT2D eigenvalue weighted by Gasteiger charge is 2.15. The monoisotopic (exact) mass is 396 g/mol. The van der Waals surface area contributed by atoms with Crippen molar-refractivity contribution in [2.45, 2.75) is 52.9 Å². The number of piperidine rings is 1. The second kappa shape index (κ2) is 9.72. The number of rotatable bonds is 7. The van der Waals surface area contributed by atoms with Gasteiger partial charge in [0.1, 0.15) is 5.82 Å². The van der Waals surface area contributed by atoms with E-state index in [0.29, 0.717) is 13.1 Å². The van der Waals surface area contributed by atoms with Crippen LogP contribution in [0.25, 0.3) is 10.9 Å². The summed E-state index contributed by atoms with van der Waals surface area (Å²) in [5, 5.41) is 3.97. The average Bonchev–Trinajstić information content (AvgIpc) is 2.74. The Morgan fingerprint density at radius 3 is 2.48 bits per heavy atom. The van der Waals surface area contributed by atoms with E-state index in [0.717, 1.165) is 41.1 Å². The maximum Gasteiger partial charge on any atom is 0.224 e. The van der Waals surface area contributed by atoms with E-state index in [1.54, 1.807) is 4.90 Å². The zero-order valence-corrected chi connectivity index (χ0v) is 17.8. The molecule has 0 unspecified atom stereocenters. The fraction of sp³-hybridized carbons (Fsp3) is 0.522. The fourth-order valence-electron chi connectivity index (χ4n) is 3.92. The van der Waals surface area contributed by atoms with Crippen LogP contribution in [-0.2, 0) is 9.59 Å². The number of aromatic nitrogens is 1. The van der Waals surface area contributed by atoms with Gasteiger partial charge in [-0.25, -0.2) is 4.98 Å². The lowest BCUT2D eigenvalue weighted by molar-refractivity contribution is -0.132.